The van der Waals surface area contributed by atoms with Crippen molar-refractivity contribution in [3.05, 3.63) is 35.9 Å². The topological polar surface area (TPSA) is 69.7 Å². The number of benzene rings is 1. The number of amides is 1. The molecule has 1 aliphatic rings. The van der Waals surface area contributed by atoms with Gasteiger partial charge >= 0.3 is 0 Å². The fourth-order valence-corrected chi connectivity index (χ4v) is 3.69. The first kappa shape index (κ1) is 15.9. The van der Waals surface area contributed by atoms with Gasteiger partial charge in [-0.3, -0.25) is 4.79 Å². The van der Waals surface area contributed by atoms with Crippen molar-refractivity contribution in [3.63, 3.8) is 0 Å². The molecule has 6 nitrogen and oxygen atoms in total. The molecule has 1 atom stereocenters. The summed E-state index contributed by atoms with van der Waals surface area (Å²) >= 11 is 0. The molecule has 21 heavy (non-hydrogen) atoms. The Labute approximate surface area is 125 Å². The minimum Gasteiger partial charge on any atom is -0.351 e. The molecule has 1 fully saturated rings. The molecule has 0 saturated carbocycles. The Morgan fingerprint density at radius 1 is 1.33 bits per heavy atom. The standard InChI is InChI=1S/C14H21N3O3S/c1-16(2)21(19,20)17-10-6-9-13(17)14(18)15-11-12-7-4-3-5-8-12/h3-5,7-8,13H,6,9-11H2,1-2H3,(H,15,18)/t13-/m0/s1. The first-order chi connectivity index (χ1) is 9.93. The van der Waals surface area contributed by atoms with Gasteiger partial charge in [0, 0.05) is 27.2 Å². The van der Waals surface area contributed by atoms with Crippen molar-refractivity contribution in [2.24, 2.45) is 0 Å². The van der Waals surface area contributed by atoms with Gasteiger partial charge in [0.2, 0.25) is 5.91 Å². The highest BCUT2D eigenvalue weighted by molar-refractivity contribution is 7.86. The fourth-order valence-electron chi connectivity index (χ4n) is 2.39. The molecule has 7 heteroatoms. The summed E-state index contributed by atoms with van der Waals surface area (Å²) in [6.07, 6.45) is 1.27. The van der Waals surface area contributed by atoms with Crippen molar-refractivity contribution in [1.82, 2.24) is 13.9 Å². The summed E-state index contributed by atoms with van der Waals surface area (Å²) in [7, 11) is -0.590. The van der Waals surface area contributed by atoms with Crippen LogP contribution in [0, 0.1) is 0 Å². The second-order valence-electron chi connectivity index (χ2n) is 5.26. The highest BCUT2D eigenvalue weighted by Gasteiger charge is 2.39. The Bertz CT molecular complexity index is 587. The zero-order chi connectivity index (χ0) is 15.5. The van der Waals surface area contributed by atoms with E-state index in [0.29, 0.717) is 25.9 Å². The van der Waals surface area contributed by atoms with E-state index < -0.39 is 16.3 Å². The Kier molecular flexibility index (Phi) is 4.97. The van der Waals surface area contributed by atoms with Crippen molar-refractivity contribution in [3.8, 4) is 0 Å². The number of rotatable bonds is 5. The molecule has 1 saturated heterocycles. The van der Waals surface area contributed by atoms with Gasteiger partial charge in [-0.1, -0.05) is 30.3 Å². The predicted molar refractivity (Wildman–Crippen MR) is 80.6 cm³/mol. The van der Waals surface area contributed by atoms with Gasteiger partial charge in [0.1, 0.15) is 6.04 Å². The Hall–Kier alpha value is -1.44. The molecule has 2 rings (SSSR count). The van der Waals surface area contributed by atoms with E-state index in [2.05, 4.69) is 5.32 Å². The summed E-state index contributed by atoms with van der Waals surface area (Å²) in [4.78, 5) is 12.3. The van der Waals surface area contributed by atoms with E-state index in [1.54, 1.807) is 0 Å². The van der Waals surface area contributed by atoms with E-state index in [0.717, 1.165) is 9.87 Å². The lowest BCUT2D eigenvalue weighted by Crippen LogP contribution is -2.49. The highest BCUT2D eigenvalue weighted by atomic mass is 32.2. The Balaban J connectivity index is 2.01. The summed E-state index contributed by atoms with van der Waals surface area (Å²) in [6.45, 7) is 0.802. The van der Waals surface area contributed by atoms with Crippen LogP contribution in [-0.2, 0) is 21.5 Å². The maximum Gasteiger partial charge on any atom is 0.282 e. The third-order valence-corrected chi connectivity index (χ3v) is 5.53. The number of carbonyl (C=O) groups excluding carboxylic acids is 1. The van der Waals surface area contributed by atoms with Crippen molar-refractivity contribution in [2.75, 3.05) is 20.6 Å². The molecule has 0 unspecified atom stereocenters. The molecule has 116 valence electrons. The van der Waals surface area contributed by atoms with E-state index in [4.69, 9.17) is 0 Å². The van der Waals surface area contributed by atoms with Crippen LogP contribution in [0.4, 0.5) is 0 Å². The van der Waals surface area contributed by atoms with Gasteiger partial charge in [-0.05, 0) is 18.4 Å². The quantitative estimate of drug-likeness (QED) is 0.864. The van der Waals surface area contributed by atoms with Gasteiger partial charge in [0.25, 0.3) is 10.2 Å². The molecule has 0 radical (unpaired) electrons. The average molecular weight is 311 g/mol. The highest BCUT2D eigenvalue weighted by Crippen LogP contribution is 2.22. The molecule has 0 bridgehead atoms. The molecular formula is C14H21N3O3S. The number of carbonyl (C=O) groups is 1. The van der Waals surface area contributed by atoms with Crippen LogP contribution in [0.1, 0.15) is 18.4 Å². The van der Waals surface area contributed by atoms with Crippen LogP contribution in [0.25, 0.3) is 0 Å². The van der Waals surface area contributed by atoms with Crippen LogP contribution < -0.4 is 5.32 Å². The van der Waals surface area contributed by atoms with Crippen LogP contribution in [0.3, 0.4) is 0 Å². The summed E-state index contributed by atoms with van der Waals surface area (Å²) in [6, 6.07) is 8.95. The second kappa shape index (κ2) is 6.55. The number of nitrogens with one attached hydrogen (secondary N) is 1. The molecule has 1 N–H and O–H groups in total. The number of hydrogen-bond acceptors (Lipinski definition) is 3. The smallest absolute Gasteiger partial charge is 0.282 e. The summed E-state index contributed by atoms with van der Waals surface area (Å²) in [5.41, 5.74) is 0.992. The van der Waals surface area contributed by atoms with Gasteiger partial charge < -0.3 is 5.32 Å². The summed E-state index contributed by atoms with van der Waals surface area (Å²) in [5.74, 6) is -0.234. The summed E-state index contributed by atoms with van der Waals surface area (Å²) < 4.78 is 26.8. The Morgan fingerprint density at radius 2 is 2.00 bits per heavy atom. The second-order valence-corrected chi connectivity index (χ2v) is 7.36. The Morgan fingerprint density at radius 3 is 2.62 bits per heavy atom. The van der Waals surface area contributed by atoms with Crippen molar-refractivity contribution < 1.29 is 13.2 Å². The zero-order valence-corrected chi connectivity index (χ0v) is 13.1. The molecule has 1 heterocycles. The fraction of sp³-hybridized carbons (Fsp3) is 0.500. The van der Waals surface area contributed by atoms with Crippen molar-refractivity contribution in [2.45, 2.75) is 25.4 Å². The maximum absolute atomic E-state index is 12.3. The van der Waals surface area contributed by atoms with Crippen LogP contribution in [-0.4, -0.2) is 49.6 Å². The van der Waals surface area contributed by atoms with Gasteiger partial charge in [0.05, 0.1) is 0 Å². The minimum atomic E-state index is -3.55. The monoisotopic (exact) mass is 311 g/mol. The van der Waals surface area contributed by atoms with E-state index in [1.165, 1.54) is 18.4 Å². The lowest BCUT2D eigenvalue weighted by molar-refractivity contribution is -0.124. The van der Waals surface area contributed by atoms with Gasteiger partial charge in [-0.15, -0.1) is 0 Å². The first-order valence-electron chi connectivity index (χ1n) is 6.94. The maximum atomic E-state index is 12.3. The molecular weight excluding hydrogens is 290 g/mol. The lowest BCUT2D eigenvalue weighted by atomic mass is 10.2. The van der Waals surface area contributed by atoms with E-state index in [-0.39, 0.29) is 5.91 Å². The normalized spacial score (nSPS) is 19.9. The van der Waals surface area contributed by atoms with E-state index >= 15 is 0 Å². The molecule has 0 aromatic heterocycles. The molecule has 1 amide bonds. The van der Waals surface area contributed by atoms with E-state index in [9.17, 15) is 13.2 Å². The number of hydrogen-bond donors (Lipinski definition) is 1. The summed E-state index contributed by atoms with van der Waals surface area (Å²) in [5, 5.41) is 2.82. The van der Waals surface area contributed by atoms with E-state index in [1.807, 2.05) is 30.3 Å². The third-order valence-electron chi connectivity index (χ3n) is 3.57. The lowest BCUT2D eigenvalue weighted by Gasteiger charge is -2.26. The first-order valence-corrected chi connectivity index (χ1v) is 8.33. The number of nitrogens with zero attached hydrogens (tertiary/aromatic N) is 2. The molecule has 1 aliphatic heterocycles. The van der Waals surface area contributed by atoms with Crippen LogP contribution in [0.2, 0.25) is 0 Å². The van der Waals surface area contributed by atoms with Crippen molar-refractivity contribution in [1.29, 1.82) is 0 Å². The molecule has 0 spiro atoms. The SMILES string of the molecule is CN(C)S(=O)(=O)N1CCC[C@H]1C(=O)NCc1ccccc1. The van der Waals surface area contributed by atoms with Crippen LogP contribution in [0.15, 0.2) is 30.3 Å². The molecule has 1 aromatic rings. The zero-order valence-electron chi connectivity index (χ0n) is 12.3. The predicted octanol–water partition coefficient (Wildman–Crippen LogP) is 0.574. The van der Waals surface area contributed by atoms with Crippen LogP contribution >= 0.6 is 0 Å². The molecule has 0 aliphatic carbocycles. The van der Waals surface area contributed by atoms with Gasteiger partial charge in [-0.2, -0.15) is 17.0 Å². The largest absolute Gasteiger partial charge is 0.351 e. The minimum absolute atomic E-state index is 0.234. The average Bonchev–Trinajstić information content (AvgIpc) is 2.96. The third kappa shape index (κ3) is 3.61. The molecule has 1 aromatic carbocycles. The van der Waals surface area contributed by atoms with Crippen LogP contribution in [0.5, 0.6) is 0 Å². The van der Waals surface area contributed by atoms with Crippen molar-refractivity contribution >= 4 is 16.1 Å². The van der Waals surface area contributed by atoms with Gasteiger partial charge in [0.15, 0.2) is 0 Å². The van der Waals surface area contributed by atoms with Gasteiger partial charge in [-0.25, -0.2) is 0 Å².